The molecule has 18 heavy (non-hydrogen) atoms. The summed E-state index contributed by atoms with van der Waals surface area (Å²) in [6.07, 6.45) is -1.37. The molecule has 1 N–H and O–H groups in total. The van der Waals surface area contributed by atoms with E-state index in [1.165, 1.54) is 21.0 Å². The number of rotatable bonds is 7. The smallest absolute Gasteiger partial charge is 0.461 e. The Labute approximate surface area is 106 Å². The van der Waals surface area contributed by atoms with Crippen LogP contribution in [0, 0.1) is 0 Å². The Morgan fingerprint density at radius 2 is 1.94 bits per heavy atom. The summed E-state index contributed by atoms with van der Waals surface area (Å²) in [6.45, 7) is 4.35. The zero-order valence-corrected chi connectivity index (χ0v) is 11.1. The summed E-state index contributed by atoms with van der Waals surface area (Å²) in [7, 11) is 1.20. The second kappa shape index (κ2) is 7.88. The lowest BCUT2D eigenvalue weighted by atomic mass is 10.1. The molecule has 0 aliphatic heterocycles. The molecule has 0 aromatic rings. The van der Waals surface area contributed by atoms with Crippen LogP contribution in [0.3, 0.4) is 0 Å². The number of hydrogen-bond acceptors (Lipinski definition) is 7. The molecule has 0 saturated heterocycles. The van der Waals surface area contributed by atoms with Crippen molar-refractivity contribution in [3.63, 3.8) is 0 Å². The summed E-state index contributed by atoms with van der Waals surface area (Å²) >= 11 is 0. The van der Waals surface area contributed by atoms with E-state index >= 15 is 0 Å². The van der Waals surface area contributed by atoms with E-state index in [4.69, 9.17) is 19.3 Å². The average Bonchev–Trinajstić information content (AvgIpc) is 2.33. The maximum absolute atomic E-state index is 11.5. The standard InChI is InChI=1S/C11H20O7/c1-8(18-10(14)15-4)7-17-11(2,3)9(13)16-6-5-12/h8,12H,5-7H2,1-4H3. The molecular formula is C11H20O7. The third-order valence-corrected chi connectivity index (χ3v) is 1.96. The zero-order chi connectivity index (χ0) is 14.2. The summed E-state index contributed by atoms with van der Waals surface area (Å²) in [5.41, 5.74) is -1.18. The van der Waals surface area contributed by atoms with E-state index in [2.05, 4.69) is 4.74 Å². The van der Waals surface area contributed by atoms with Gasteiger partial charge in [-0.25, -0.2) is 9.59 Å². The van der Waals surface area contributed by atoms with E-state index in [9.17, 15) is 9.59 Å². The van der Waals surface area contributed by atoms with Crippen molar-refractivity contribution in [2.24, 2.45) is 0 Å². The Hall–Kier alpha value is -1.34. The monoisotopic (exact) mass is 264 g/mol. The van der Waals surface area contributed by atoms with E-state index in [0.717, 1.165) is 0 Å². The number of methoxy groups -OCH3 is 1. The van der Waals surface area contributed by atoms with Gasteiger partial charge >= 0.3 is 12.1 Å². The summed E-state index contributed by atoms with van der Waals surface area (Å²) in [4.78, 5) is 22.3. The average molecular weight is 264 g/mol. The van der Waals surface area contributed by atoms with Crippen LogP contribution < -0.4 is 0 Å². The Balaban J connectivity index is 4.08. The lowest BCUT2D eigenvalue weighted by Gasteiger charge is -2.24. The van der Waals surface area contributed by atoms with Crippen LogP contribution in [-0.4, -0.2) is 55.9 Å². The lowest BCUT2D eigenvalue weighted by molar-refractivity contribution is -0.172. The van der Waals surface area contributed by atoms with Crippen molar-refractivity contribution >= 4 is 12.1 Å². The van der Waals surface area contributed by atoms with Gasteiger partial charge in [0.25, 0.3) is 0 Å². The topological polar surface area (TPSA) is 91.3 Å². The highest BCUT2D eigenvalue weighted by molar-refractivity contribution is 5.78. The minimum absolute atomic E-state index is 0.0241. The quantitative estimate of drug-likeness (QED) is 0.669. The maximum Gasteiger partial charge on any atom is 0.508 e. The van der Waals surface area contributed by atoms with Crippen LogP contribution in [0.4, 0.5) is 4.79 Å². The van der Waals surface area contributed by atoms with Gasteiger partial charge in [-0.3, -0.25) is 0 Å². The second-order valence-electron chi connectivity index (χ2n) is 4.06. The first-order chi connectivity index (χ1) is 8.33. The third kappa shape index (κ3) is 6.41. The van der Waals surface area contributed by atoms with Gasteiger partial charge in [0, 0.05) is 0 Å². The first kappa shape index (κ1) is 16.7. The molecule has 0 aliphatic rings. The van der Waals surface area contributed by atoms with Gasteiger partial charge in [0.05, 0.1) is 20.3 Å². The molecule has 0 aromatic carbocycles. The zero-order valence-electron chi connectivity index (χ0n) is 11.1. The van der Waals surface area contributed by atoms with Gasteiger partial charge in [-0.05, 0) is 20.8 Å². The van der Waals surface area contributed by atoms with E-state index in [0.29, 0.717) is 0 Å². The highest BCUT2D eigenvalue weighted by atomic mass is 16.7. The fraction of sp³-hybridized carbons (Fsp3) is 0.818. The molecule has 0 amide bonds. The number of esters is 1. The van der Waals surface area contributed by atoms with Gasteiger partial charge in [0.2, 0.25) is 0 Å². The van der Waals surface area contributed by atoms with Crippen molar-refractivity contribution in [3.05, 3.63) is 0 Å². The molecule has 0 aromatic heterocycles. The van der Waals surface area contributed by atoms with Crippen molar-refractivity contribution in [2.75, 3.05) is 26.9 Å². The highest BCUT2D eigenvalue weighted by Gasteiger charge is 2.31. The first-order valence-corrected chi connectivity index (χ1v) is 5.50. The SMILES string of the molecule is COC(=O)OC(C)COC(C)(C)C(=O)OCCO. The molecule has 0 radical (unpaired) electrons. The van der Waals surface area contributed by atoms with Crippen LogP contribution in [0.15, 0.2) is 0 Å². The molecule has 0 spiro atoms. The fourth-order valence-corrected chi connectivity index (χ4v) is 0.943. The predicted molar refractivity (Wildman–Crippen MR) is 61.0 cm³/mol. The van der Waals surface area contributed by atoms with Gasteiger partial charge in [0.15, 0.2) is 5.60 Å². The van der Waals surface area contributed by atoms with Gasteiger partial charge < -0.3 is 24.1 Å². The fourth-order valence-electron chi connectivity index (χ4n) is 0.943. The van der Waals surface area contributed by atoms with E-state index in [1.54, 1.807) is 6.92 Å². The van der Waals surface area contributed by atoms with Crippen molar-refractivity contribution in [2.45, 2.75) is 32.5 Å². The van der Waals surface area contributed by atoms with E-state index in [-0.39, 0.29) is 19.8 Å². The third-order valence-electron chi connectivity index (χ3n) is 1.96. The summed E-state index contributed by atoms with van der Waals surface area (Å²) in [6, 6.07) is 0. The Morgan fingerprint density at radius 3 is 2.44 bits per heavy atom. The molecule has 0 saturated carbocycles. The molecule has 0 bridgehead atoms. The maximum atomic E-state index is 11.5. The van der Waals surface area contributed by atoms with Crippen molar-refractivity contribution in [1.82, 2.24) is 0 Å². The van der Waals surface area contributed by atoms with Crippen LogP contribution in [0.2, 0.25) is 0 Å². The Kier molecular flexibility index (Phi) is 7.30. The van der Waals surface area contributed by atoms with Gasteiger partial charge in [0.1, 0.15) is 12.7 Å². The normalized spacial score (nSPS) is 12.7. The molecule has 7 nitrogen and oxygen atoms in total. The van der Waals surface area contributed by atoms with Gasteiger partial charge in [-0.1, -0.05) is 0 Å². The number of hydrogen-bond donors (Lipinski definition) is 1. The molecular weight excluding hydrogens is 244 g/mol. The Bertz CT molecular complexity index is 275. The molecule has 0 aliphatic carbocycles. The van der Waals surface area contributed by atoms with Crippen LogP contribution in [0.1, 0.15) is 20.8 Å². The van der Waals surface area contributed by atoms with Crippen LogP contribution in [0.5, 0.6) is 0 Å². The molecule has 0 heterocycles. The molecule has 106 valence electrons. The minimum Gasteiger partial charge on any atom is -0.461 e. The highest BCUT2D eigenvalue weighted by Crippen LogP contribution is 2.12. The van der Waals surface area contributed by atoms with Gasteiger partial charge in [-0.15, -0.1) is 0 Å². The molecule has 7 heteroatoms. The second-order valence-corrected chi connectivity index (χ2v) is 4.06. The molecule has 0 rings (SSSR count). The largest absolute Gasteiger partial charge is 0.508 e. The minimum atomic E-state index is -1.18. The van der Waals surface area contributed by atoms with Crippen molar-refractivity contribution in [3.8, 4) is 0 Å². The summed E-state index contributed by atoms with van der Waals surface area (Å²) < 4.78 is 19.1. The van der Waals surface area contributed by atoms with Gasteiger partial charge in [-0.2, -0.15) is 0 Å². The Morgan fingerprint density at radius 1 is 1.33 bits per heavy atom. The number of aliphatic hydroxyl groups is 1. The predicted octanol–water partition coefficient (Wildman–Crippen LogP) is 0.489. The first-order valence-electron chi connectivity index (χ1n) is 5.50. The molecule has 0 fully saturated rings. The van der Waals surface area contributed by atoms with E-state index < -0.39 is 23.8 Å². The van der Waals surface area contributed by atoms with E-state index in [1.807, 2.05) is 0 Å². The molecule has 1 atom stereocenters. The lowest BCUT2D eigenvalue weighted by Crippen LogP contribution is -2.39. The van der Waals surface area contributed by atoms with Crippen molar-refractivity contribution in [1.29, 1.82) is 0 Å². The number of carbonyl (C=O) groups excluding carboxylic acids is 2. The van der Waals surface area contributed by atoms with Crippen LogP contribution in [0.25, 0.3) is 0 Å². The van der Waals surface area contributed by atoms with Crippen LogP contribution >= 0.6 is 0 Å². The summed E-state index contributed by atoms with van der Waals surface area (Å²) in [5, 5.41) is 8.54. The number of carbonyl (C=O) groups is 2. The number of ether oxygens (including phenoxy) is 4. The molecule has 1 unspecified atom stereocenters. The number of aliphatic hydroxyl groups excluding tert-OH is 1. The van der Waals surface area contributed by atoms with Crippen LogP contribution in [-0.2, 0) is 23.7 Å². The van der Waals surface area contributed by atoms with Crippen molar-refractivity contribution < 1.29 is 33.6 Å². The summed E-state index contributed by atoms with van der Waals surface area (Å²) in [5.74, 6) is -0.596.